The summed E-state index contributed by atoms with van der Waals surface area (Å²) in [5.41, 5.74) is 4.78. The van der Waals surface area contributed by atoms with Gasteiger partial charge in [-0.05, 0) is 64.0 Å². The molecule has 4 nitrogen and oxygen atoms in total. The molecule has 2 rings (SSSR count). The summed E-state index contributed by atoms with van der Waals surface area (Å²) in [6.07, 6.45) is 2.83. The number of aromatic nitrogens is 3. The van der Waals surface area contributed by atoms with E-state index >= 15 is 0 Å². The van der Waals surface area contributed by atoms with E-state index in [9.17, 15) is 0 Å². The SMILES string of the molecule is CNCCc1c(C)nn(-c2cc(C)ccn2)c1C. The van der Waals surface area contributed by atoms with Crippen molar-refractivity contribution < 1.29 is 0 Å². The molecule has 2 heterocycles. The fourth-order valence-electron chi connectivity index (χ4n) is 2.15. The molecular formula is C14H20N4. The largest absolute Gasteiger partial charge is 0.319 e. The number of hydrogen-bond donors (Lipinski definition) is 1. The quantitative estimate of drug-likeness (QED) is 0.894. The van der Waals surface area contributed by atoms with Crippen molar-refractivity contribution in [3.05, 3.63) is 40.8 Å². The van der Waals surface area contributed by atoms with E-state index < -0.39 is 0 Å². The van der Waals surface area contributed by atoms with Gasteiger partial charge in [-0.1, -0.05) is 0 Å². The van der Waals surface area contributed by atoms with Crippen LogP contribution >= 0.6 is 0 Å². The van der Waals surface area contributed by atoms with Crippen molar-refractivity contribution in [3.8, 4) is 5.82 Å². The predicted octanol–water partition coefficient (Wildman–Crippen LogP) is 1.95. The molecule has 1 N–H and O–H groups in total. The Morgan fingerprint density at radius 1 is 1.28 bits per heavy atom. The van der Waals surface area contributed by atoms with Gasteiger partial charge in [0.2, 0.25) is 0 Å². The van der Waals surface area contributed by atoms with E-state index in [1.807, 2.05) is 24.0 Å². The van der Waals surface area contributed by atoms with Crippen molar-refractivity contribution in [1.82, 2.24) is 20.1 Å². The average molecular weight is 244 g/mol. The van der Waals surface area contributed by atoms with Gasteiger partial charge < -0.3 is 5.32 Å². The second kappa shape index (κ2) is 5.31. The molecule has 4 heteroatoms. The van der Waals surface area contributed by atoms with Crippen LogP contribution in [0.1, 0.15) is 22.5 Å². The molecule has 0 saturated heterocycles. The number of aryl methyl sites for hydroxylation is 2. The normalized spacial score (nSPS) is 10.9. The van der Waals surface area contributed by atoms with Crippen molar-refractivity contribution in [2.75, 3.05) is 13.6 Å². The van der Waals surface area contributed by atoms with Crippen LogP contribution in [0.4, 0.5) is 0 Å². The Hall–Kier alpha value is -1.68. The van der Waals surface area contributed by atoms with Gasteiger partial charge in [0, 0.05) is 11.9 Å². The second-order valence-corrected chi connectivity index (χ2v) is 4.61. The number of nitrogens with zero attached hydrogens (tertiary/aromatic N) is 3. The molecule has 0 spiro atoms. The summed E-state index contributed by atoms with van der Waals surface area (Å²) in [5.74, 6) is 0.895. The lowest BCUT2D eigenvalue weighted by Crippen LogP contribution is -2.11. The highest BCUT2D eigenvalue weighted by molar-refractivity contribution is 5.34. The zero-order valence-corrected chi connectivity index (χ0v) is 11.5. The van der Waals surface area contributed by atoms with Crippen LogP contribution in [-0.2, 0) is 6.42 Å². The number of hydrogen-bond acceptors (Lipinski definition) is 3. The van der Waals surface area contributed by atoms with E-state index in [0.717, 1.165) is 24.5 Å². The first-order chi connectivity index (χ1) is 8.63. The minimum absolute atomic E-state index is 0.895. The van der Waals surface area contributed by atoms with Gasteiger partial charge in [0.15, 0.2) is 5.82 Å². The Balaban J connectivity index is 2.40. The van der Waals surface area contributed by atoms with Crippen LogP contribution in [0.25, 0.3) is 5.82 Å². The van der Waals surface area contributed by atoms with Gasteiger partial charge in [0.1, 0.15) is 0 Å². The summed E-state index contributed by atoms with van der Waals surface area (Å²) < 4.78 is 1.94. The molecule has 0 amide bonds. The molecule has 0 aliphatic rings. The fraction of sp³-hybridized carbons (Fsp3) is 0.429. The molecule has 2 aromatic rings. The van der Waals surface area contributed by atoms with Crippen LogP contribution in [0.2, 0.25) is 0 Å². The van der Waals surface area contributed by atoms with E-state index in [0.29, 0.717) is 0 Å². The number of nitrogens with one attached hydrogen (secondary N) is 1. The maximum Gasteiger partial charge on any atom is 0.153 e. The Labute approximate surface area is 108 Å². The van der Waals surface area contributed by atoms with Crippen LogP contribution in [-0.4, -0.2) is 28.4 Å². The second-order valence-electron chi connectivity index (χ2n) is 4.61. The van der Waals surface area contributed by atoms with Crippen LogP contribution in [0.3, 0.4) is 0 Å². The number of likely N-dealkylation sites (N-methyl/N-ethyl adjacent to an activating group) is 1. The van der Waals surface area contributed by atoms with E-state index in [-0.39, 0.29) is 0 Å². The summed E-state index contributed by atoms with van der Waals surface area (Å²) in [7, 11) is 1.97. The first-order valence-corrected chi connectivity index (χ1v) is 6.26. The van der Waals surface area contributed by atoms with Gasteiger partial charge in [-0.25, -0.2) is 9.67 Å². The van der Waals surface area contributed by atoms with Crippen molar-refractivity contribution in [2.24, 2.45) is 0 Å². The summed E-state index contributed by atoms with van der Waals surface area (Å²) >= 11 is 0. The Kier molecular flexibility index (Phi) is 3.77. The molecule has 96 valence electrons. The van der Waals surface area contributed by atoms with Crippen molar-refractivity contribution >= 4 is 0 Å². The van der Waals surface area contributed by atoms with Crippen LogP contribution in [0.15, 0.2) is 18.3 Å². The molecule has 0 atom stereocenters. The van der Waals surface area contributed by atoms with E-state index in [2.05, 4.69) is 42.2 Å². The van der Waals surface area contributed by atoms with Gasteiger partial charge in [-0.15, -0.1) is 0 Å². The van der Waals surface area contributed by atoms with E-state index in [1.165, 1.54) is 16.8 Å². The van der Waals surface area contributed by atoms with Crippen molar-refractivity contribution in [2.45, 2.75) is 27.2 Å². The van der Waals surface area contributed by atoms with Gasteiger partial charge in [-0.3, -0.25) is 0 Å². The maximum absolute atomic E-state index is 4.60. The summed E-state index contributed by atoms with van der Waals surface area (Å²) in [5, 5.41) is 7.78. The molecule has 0 saturated carbocycles. The topological polar surface area (TPSA) is 42.7 Å². The zero-order valence-electron chi connectivity index (χ0n) is 11.5. The zero-order chi connectivity index (χ0) is 13.1. The molecule has 0 aromatic carbocycles. The van der Waals surface area contributed by atoms with Crippen molar-refractivity contribution in [1.29, 1.82) is 0 Å². The summed E-state index contributed by atoms with van der Waals surface area (Å²) in [4.78, 5) is 4.39. The Morgan fingerprint density at radius 3 is 2.72 bits per heavy atom. The Bertz CT molecular complexity index is 543. The van der Waals surface area contributed by atoms with Crippen LogP contribution in [0, 0.1) is 20.8 Å². The molecule has 0 radical (unpaired) electrons. The third kappa shape index (κ3) is 2.43. The highest BCUT2D eigenvalue weighted by atomic mass is 15.3. The molecule has 0 unspecified atom stereocenters. The van der Waals surface area contributed by atoms with Crippen molar-refractivity contribution in [3.63, 3.8) is 0 Å². The number of pyridine rings is 1. The lowest BCUT2D eigenvalue weighted by atomic mass is 10.1. The maximum atomic E-state index is 4.60. The third-order valence-electron chi connectivity index (χ3n) is 3.18. The molecular weight excluding hydrogens is 224 g/mol. The van der Waals surface area contributed by atoms with Gasteiger partial charge in [-0.2, -0.15) is 5.10 Å². The first kappa shape index (κ1) is 12.8. The molecule has 0 bridgehead atoms. The predicted molar refractivity (Wildman–Crippen MR) is 73.2 cm³/mol. The van der Waals surface area contributed by atoms with Gasteiger partial charge in [0.05, 0.1) is 5.69 Å². The smallest absolute Gasteiger partial charge is 0.153 e. The Morgan fingerprint density at radius 2 is 2.06 bits per heavy atom. The van der Waals surface area contributed by atoms with E-state index in [1.54, 1.807) is 0 Å². The van der Waals surface area contributed by atoms with Gasteiger partial charge >= 0.3 is 0 Å². The highest BCUT2D eigenvalue weighted by Crippen LogP contribution is 2.17. The molecule has 2 aromatic heterocycles. The minimum Gasteiger partial charge on any atom is -0.319 e. The first-order valence-electron chi connectivity index (χ1n) is 6.26. The number of rotatable bonds is 4. The lowest BCUT2D eigenvalue weighted by molar-refractivity contribution is 0.780. The lowest BCUT2D eigenvalue weighted by Gasteiger charge is -2.05. The summed E-state index contributed by atoms with van der Waals surface area (Å²) in [6, 6.07) is 4.05. The molecule has 0 aliphatic heterocycles. The molecule has 0 aliphatic carbocycles. The third-order valence-corrected chi connectivity index (χ3v) is 3.18. The van der Waals surface area contributed by atoms with Gasteiger partial charge in [0.25, 0.3) is 0 Å². The molecule has 0 fully saturated rings. The highest BCUT2D eigenvalue weighted by Gasteiger charge is 2.12. The van der Waals surface area contributed by atoms with Crippen LogP contribution < -0.4 is 5.32 Å². The standard InChI is InChI=1S/C14H20N4/c1-10-5-8-16-14(9-10)18-12(3)13(6-7-15-4)11(2)17-18/h5,8-9,15H,6-7H2,1-4H3. The minimum atomic E-state index is 0.895. The fourth-order valence-corrected chi connectivity index (χ4v) is 2.15. The average Bonchev–Trinajstić information content (AvgIpc) is 2.63. The van der Waals surface area contributed by atoms with E-state index in [4.69, 9.17) is 0 Å². The summed E-state index contributed by atoms with van der Waals surface area (Å²) in [6.45, 7) is 7.20. The monoisotopic (exact) mass is 244 g/mol. The molecule has 18 heavy (non-hydrogen) atoms. The van der Waals surface area contributed by atoms with Crippen LogP contribution in [0.5, 0.6) is 0 Å².